The van der Waals surface area contributed by atoms with Crippen LogP contribution in [0.1, 0.15) is 13.3 Å². The van der Waals surface area contributed by atoms with Crippen molar-refractivity contribution >= 4 is 0 Å². The van der Waals surface area contributed by atoms with E-state index in [1.54, 1.807) is 6.92 Å². The number of hydrogen-bond donors (Lipinski definition) is 3. The third-order valence-electron chi connectivity index (χ3n) is 3.10. The summed E-state index contributed by atoms with van der Waals surface area (Å²) in [6.45, 7) is 1.30. The van der Waals surface area contributed by atoms with E-state index in [9.17, 15) is 10.0 Å². The Balaban J connectivity index is 2.29. The zero-order valence-corrected chi connectivity index (χ0v) is 8.29. The lowest BCUT2D eigenvalue weighted by Gasteiger charge is -2.63. The highest BCUT2D eigenvalue weighted by atomic mass is 16.8. The van der Waals surface area contributed by atoms with E-state index in [0.717, 1.165) is 0 Å². The summed E-state index contributed by atoms with van der Waals surface area (Å²) in [5, 5.41) is 21.6. The van der Waals surface area contributed by atoms with Crippen LogP contribution < -0.4 is 5.73 Å². The van der Waals surface area contributed by atoms with Gasteiger partial charge in [0.1, 0.15) is 6.61 Å². The van der Waals surface area contributed by atoms with Crippen LogP contribution in [0.2, 0.25) is 0 Å². The van der Waals surface area contributed by atoms with Crippen LogP contribution in [-0.2, 0) is 9.47 Å². The molecule has 0 saturated carbocycles. The fourth-order valence-electron chi connectivity index (χ4n) is 2.23. The highest BCUT2D eigenvalue weighted by Crippen LogP contribution is 2.49. The molecule has 0 aromatic carbocycles. The molecule has 7 heteroatoms. The molecule has 5 atom stereocenters. The Morgan fingerprint density at radius 2 is 2.27 bits per heavy atom. The van der Waals surface area contributed by atoms with E-state index < -0.39 is 36.4 Å². The molecule has 3 rings (SSSR count). The maximum atomic E-state index is 10.6. The second-order valence-electron chi connectivity index (χ2n) is 3.94. The lowest BCUT2D eigenvalue weighted by atomic mass is 9.79. The first-order chi connectivity index (χ1) is 7.04. The Labute approximate surface area is 86.1 Å². The van der Waals surface area contributed by atoms with Gasteiger partial charge in [-0.25, -0.2) is 0 Å². The van der Waals surface area contributed by atoms with Crippen LogP contribution in [0.15, 0.2) is 5.18 Å². The van der Waals surface area contributed by atoms with Crippen LogP contribution in [0, 0.1) is 4.91 Å². The number of nitroso groups, excluding NO2 is 1. The molecular formula is C8H14N2O5. The smallest absolute Gasteiger partial charge is 0.225 e. The molecule has 86 valence electrons. The summed E-state index contributed by atoms with van der Waals surface area (Å²) in [5.74, 6) is -1.48. The lowest BCUT2D eigenvalue weighted by molar-refractivity contribution is -0.495. The Morgan fingerprint density at radius 3 is 2.67 bits per heavy atom. The molecule has 15 heavy (non-hydrogen) atoms. The standard InChI is InChI=1S/C8H14N2O5/c1-2-4-5(10-13)8(9)6(12)7(3-11,14-4)15-8/h4-6,11-12H,2-3,9H2,1H3/t4-,5+,6+,7?,8?/m0/s1. The number of rotatable bonds is 3. The maximum absolute atomic E-state index is 10.6. The van der Waals surface area contributed by atoms with E-state index in [2.05, 4.69) is 5.18 Å². The van der Waals surface area contributed by atoms with E-state index >= 15 is 0 Å². The van der Waals surface area contributed by atoms with Crippen molar-refractivity contribution in [2.45, 2.75) is 43.1 Å². The molecule has 3 aliphatic rings. The largest absolute Gasteiger partial charge is 0.391 e. The van der Waals surface area contributed by atoms with Gasteiger partial charge in [0.25, 0.3) is 0 Å². The highest BCUT2D eigenvalue weighted by Gasteiger charge is 2.74. The second-order valence-corrected chi connectivity index (χ2v) is 3.94. The average Bonchev–Trinajstić information content (AvgIpc) is 2.26. The van der Waals surface area contributed by atoms with Gasteiger partial charge in [-0.15, -0.1) is 0 Å². The van der Waals surface area contributed by atoms with Gasteiger partial charge in [-0.05, 0) is 6.42 Å². The number of fused-ring (bicyclic) bond motifs is 2. The van der Waals surface area contributed by atoms with Gasteiger partial charge in [0.15, 0.2) is 17.9 Å². The van der Waals surface area contributed by atoms with Gasteiger partial charge >= 0.3 is 0 Å². The van der Waals surface area contributed by atoms with Crippen molar-refractivity contribution < 1.29 is 19.7 Å². The predicted molar refractivity (Wildman–Crippen MR) is 48.6 cm³/mol. The summed E-state index contributed by atoms with van der Waals surface area (Å²) in [4.78, 5) is 10.6. The van der Waals surface area contributed by atoms with Crippen molar-refractivity contribution in [2.75, 3.05) is 6.61 Å². The van der Waals surface area contributed by atoms with Gasteiger partial charge in [-0.1, -0.05) is 12.1 Å². The van der Waals surface area contributed by atoms with Crippen LogP contribution in [-0.4, -0.2) is 46.6 Å². The highest BCUT2D eigenvalue weighted by molar-refractivity contribution is 5.16. The molecule has 4 N–H and O–H groups in total. The molecule has 2 bridgehead atoms. The number of nitrogens with two attached hydrogens (primary N) is 1. The van der Waals surface area contributed by atoms with Crippen molar-refractivity contribution in [1.29, 1.82) is 0 Å². The first-order valence-electron chi connectivity index (χ1n) is 4.82. The van der Waals surface area contributed by atoms with Gasteiger partial charge in [0.2, 0.25) is 5.79 Å². The molecule has 0 aliphatic carbocycles. The minimum atomic E-state index is -1.52. The van der Waals surface area contributed by atoms with Crippen LogP contribution in [0.4, 0.5) is 0 Å². The minimum absolute atomic E-state index is 0.505. The summed E-state index contributed by atoms with van der Waals surface area (Å²) in [6, 6.07) is -0.953. The van der Waals surface area contributed by atoms with Crippen molar-refractivity contribution in [3.63, 3.8) is 0 Å². The third kappa shape index (κ3) is 1.12. The molecule has 0 radical (unpaired) electrons. The van der Waals surface area contributed by atoms with Gasteiger partial charge in [-0.3, -0.25) is 5.73 Å². The fraction of sp³-hybridized carbons (Fsp3) is 1.00. The number of ether oxygens (including phenoxy) is 2. The number of aliphatic hydroxyl groups is 2. The SMILES string of the molecule is CC[C@@H]1OC2(CO)OC(N)([C@@H]1N=O)[C@@H]2O. The Morgan fingerprint density at radius 1 is 1.60 bits per heavy atom. The van der Waals surface area contributed by atoms with Gasteiger partial charge in [0.05, 0.1) is 6.10 Å². The molecule has 3 heterocycles. The number of aliphatic hydroxyl groups excluding tert-OH is 2. The van der Waals surface area contributed by atoms with Gasteiger partial charge < -0.3 is 19.7 Å². The average molecular weight is 218 g/mol. The van der Waals surface area contributed by atoms with E-state index in [1.807, 2.05) is 0 Å². The summed E-state index contributed by atoms with van der Waals surface area (Å²) >= 11 is 0. The minimum Gasteiger partial charge on any atom is -0.391 e. The molecular weight excluding hydrogens is 204 g/mol. The molecule has 0 aromatic heterocycles. The summed E-state index contributed by atoms with van der Waals surface area (Å²) in [6.07, 6.45) is -1.26. The maximum Gasteiger partial charge on any atom is 0.225 e. The predicted octanol–water partition coefficient (Wildman–Crippen LogP) is -1.34. The zero-order chi connectivity index (χ0) is 11.3. The van der Waals surface area contributed by atoms with Crippen LogP contribution in [0.3, 0.4) is 0 Å². The number of hydrogen-bond acceptors (Lipinski definition) is 7. The molecule has 0 amide bonds. The normalized spacial score (nSPS) is 53.5. The summed E-state index contributed by atoms with van der Waals surface area (Å²) < 4.78 is 10.4. The van der Waals surface area contributed by atoms with Crippen molar-refractivity contribution in [2.24, 2.45) is 10.9 Å². The molecule has 3 fully saturated rings. The van der Waals surface area contributed by atoms with E-state index in [1.165, 1.54) is 0 Å². The van der Waals surface area contributed by atoms with Crippen molar-refractivity contribution in [1.82, 2.24) is 0 Å². The first-order valence-corrected chi connectivity index (χ1v) is 4.82. The first kappa shape index (κ1) is 10.9. The Bertz CT molecular complexity index is 288. The molecule has 3 saturated heterocycles. The van der Waals surface area contributed by atoms with E-state index in [4.69, 9.17) is 20.3 Å². The molecule has 0 aromatic rings. The second kappa shape index (κ2) is 3.19. The van der Waals surface area contributed by atoms with E-state index in [0.29, 0.717) is 6.42 Å². The Kier molecular flexibility index (Phi) is 2.32. The molecule has 0 spiro atoms. The van der Waals surface area contributed by atoms with Gasteiger partial charge in [0, 0.05) is 0 Å². The van der Waals surface area contributed by atoms with Crippen LogP contribution >= 0.6 is 0 Å². The lowest BCUT2D eigenvalue weighted by Crippen LogP contribution is -2.88. The topological polar surface area (TPSA) is 114 Å². The molecule has 2 unspecified atom stereocenters. The molecule has 7 nitrogen and oxygen atoms in total. The Hall–Kier alpha value is -0.600. The summed E-state index contributed by atoms with van der Waals surface area (Å²) in [5.41, 5.74) is 4.19. The van der Waals surface area contributed by atoms with Crippen LogP contribution in [0.5, 0.6) is 0 Å². The van der Waals surface area contributed by atoms with Gasteiger partial charge in [-0.2, -0.15) is 4.91 Å². The number of nitrogens with zero attached hydrogens (tertiary/aromatic N) is 1. The summed E-state index contributed by atoms with van der Waals surface area (Å²) in [7, 11) is 0. The van der Waals surface area contributed by atoms with Crippen molar-refractivity contribution in [3.05, 3.63) is 4.91 Å². The monoisotopic (exact) mass is 218 g/mol. The fourth-order valence-corrected chi connectivity index (χ4v) is 2.23. The quantitative estimate of drug-likeness (QED) is 0.505. The zero-order valence-electron chi connectivity index (χ0n) is 8.29. The van der Waals surface area contributed by atoms with Crippen molar-refractivity contribution in [3.8, 4) is 0 Å². The molecule has 3 aliphatic heterocycles. The van der Waals surface area contributed by atoms with E-state index in [-0.39, 0.29) is 0 Å². The van der Waals surface area contributed by atoms with Crippen LogP contribution in [0.25, 0.3) is 0 Å². The third-order valence-corrected chi connectivity index (χ3v) is 3.10.